The van der Waals surface area contributed by atoms with Gasteiger partial charge in [-0.15, -0.1) is 0 Å². The minimum absolute atomic E-state index is 0. The van der Waals surface area contributed by atoms with Gasteiger partial charge in [-0.05, 0) is 156 Å². The number of nitrogens with zero attached hydrogens (tertiary/aromatic N) is 6. The van der Waals surface area contributed by atoms with Crippen LogP contribution in [-0.2, 0) is 21.1 Å². The third kappa shape index (κ3) is 13.8. The minimum atomic E-state index is -1.34. The third-order valence-electron chi connectivity index (χ3n) is 15.9. The van der Waals surface area contributed by atoms with Gasteiger partial charge in [0.1, 0.15) is 16.9 Å². The van der Waals surface area contributed by atoms with Crippen molar-refractivity contribution < 1.29 is 55.0 Å². The van der Waals surface area contributed by atoms with Gasteiger partial charge in [-0.2, -0.15) is 0 Å². The summed E-state index contributed by atoms with van der Waals surface area (Å²) in [7, 11) is 4.93. The van der Waals surface area contributed by atoms with Gasteiger partial charge in [0.25, 0.3) is 0 Å². The number of carboxylic acids is 1. The summed E-state index contributed by atoms with van der Waals surface area (Å²) < 4.78 is 7.79. The molecule has 0 aliphatic heterocycles. The number of aryl methyl sites for hydroxylation is 5. The number of benzene rings is 3. The van der Waals surface area contributed by atoms with Crippen LogP contribution in [0.2, 0.25) is 0 Å². The first-order valence-electron chi connectivity index (χ1n) is 27.2. The Morgan fingerprint density at radius 1 is 0.500 bits per heavy atom. The molecule has 78 heavy (non-hydrogen) atoms. The van der Waals surface area contributed by atoms with E-state index in [0.29, 0.717) is 23.2 Å². The zero-order valence-electron chi connectivity index (χ0n) is 45.8. The first kappa shape index (κ1) is 61.8. The molecule has 0 unspecified atom stereocenters. The molecule has 0 bridgehead atoms. The zero-order chi connectivity index (χ0) is 52.6. The summed E-state index contributed by atoms with van der Waals surface area (Å²) in [6, 6.07) is 42.2. The SMILES string of the molecule is C.Cc1ccc2c(C3CCCCC3)c(-c3ccccc3)n(C)c2n1.Cc1ccc2c(C3CCCCC3)c(Br)n(C)c2n1.Cn1c(-c2ccccc2)c(C2CCCCC2)c2ccc(C(=O)O)nc21.OB(O)c1ccccc1.[Na+].[OH-]. The molecule has 9 aromatic rings. The standard InChI is InChI=1S/C21H22N2O2.C21H24N2.C15H19BrN2.C6H7BO2.CH4.Na.H2O/c1-23-19(15-10-6-3-7-11-15)18(14-8-4-2-5-9-14)16-12-13-17(21(24)25)22-20(16)23;1-15-13-14-18-19(16-9-5-3-6-10-16)20(23(2)21(18)22-15)17-11-7-4-8-12-17;1-10-8-9-12-13(11-6-4-3-5-7-11)14(16)18(2)15(12)17-10;8-7(9)6-4-2-1-3-5-6;;;/h3,6-7,10-14H,2,4-5,8-9H2,1H3,(H,24,25);4,7-8,11-14,16H,3,5-6,9-10H2,1-2H3;8-9,11H,3-7H2,1-2H3;1-5,8-9H;1H4;;1H2/q;;;;;+1;/p-1. The predicted octanol–water partition coefficient (Wildman–Crippen LogP) is 12.1. The predicted molar refractivity (Wildman–Crippen MR) is 320 cm³/mol. The van der Waals surface area contributed by atoms with E-state index in [1.165, 1.54) is 151 Å². The van der Waals surface area contributed by atoms with E-state index in [0.717, 1.165) is 33.7 Å². The van der Waals surface area contributed by atoms with Gasteiger partial charge < -0.3 is 34.3 Å². The largest absolute Gasteiger partial charge is 1.00 e. The summed E-state index contributed by atoms with van der Waals surface area (Å²) in [5.41, 5.74) is 15.2. The molecule has 6 heterocycles. The van der Waals surface area contributed by atoms with Crippen LogP contribution in [-0.4, -0.2) is 62.4 Å². The van der Waals surface area contributed by atoms with E-state index in [9.17, 15) is 9.90 Å². The van der Waals surface area contributed by atoms with E-state index < -0.39 is 13.1 Å². The van der Waals surface area contributed by atoms with Crippen molar-refractivity contribution in [2.45, 2.75) is 135 Å². The Morgan fingerprint density at radius 2 is 0.846 bits per heavy atom. The van der Waals surface area contributed by atoms with Crippen LogP contribution in [0, 0.1) is 13.8 Å². The number of carbonyl (C=O) groups is 1. The Bertz CT molecular complexity index is 3360. The first-order chi connectivity index (χ1) is 36.4. The van der Waals surface area contributed by atoms with E-state index in [4.69, 9.17) is 15.0 Å². The van der Waals surface area contributed by atoms with Crippen molar-refractivity contribution in [1.82, 2.24) is 28.7 Å². The molecule has 6 aromatic heterocycles. The fraction of sp³-hybridized carbons (Fsp3) is 0.375. The van der Waals surface area contributed by atoms with Gasteiger partial charge in [-0.25, -0.2) is 19.7 Å². The van der Waals surface area contributed by atoms with Crippen molar-refractivity contribution in [3.8, 4) is 22.5 Å². The van der Waals surface area contributed by atoms with E-state index in [1.807, 2.05) is 37.4 Å². The van der Waals surface area contributed by atoms with Gasteiger partial charge >= 0.3 is 42.6 Å². The molecule has 0 atom stereocenters. The molecule has 3 aliphatic rings. The van der Waals surface area contributed by atoms with Crippen LogP contribution in [0.3, 0.4) is 0 Å². The molecule has 0 spiro atoms. The molecule has 11 nitrogen and oxygen atoms in total. The summed E-state index contributed by atoms with van der Waals surface area (Å²) in [4.78, 5) is 25.3. The van der Waals surface area contributed by atoms with Crippen LogP contribution in [0.15, 0.2) is 132 Å². The van der Waals surface area contributed by atoms with E-state index >= 15 is 0 Å². The first-order valence-corrected chi connectivity index (χ1v) is 28.0. The molecule has 12 rings (SSSR count). The van der Waals surface area contributed by atoms with Gasteiger partial charge in [-0.3, -0.25) is 0 Å². The summed E-state index contributed by atoms with van der Waals surface area (Å²) in [6.45, 7) is 4.13. The number of hydrogen-bond acceptors (Lipinski definition) is 7. The molecule has 3 aliphatic carbocycles. The number of pyridine rings is 3. The van der Waals surface area contributed by atoms with Gasteiger partial charge in [0, 0.05) is 48.7 Å². The van der Waals surface area contributed by atoms with Crippen LogP contribution in [0.4, 0.5) is 0 Å². The minimum Gasteiger partial charge on any atom is -0.870 e. The quantitative estimate of drug-likeness (QED) is 0.133. The van der Waals surface area contributed by atoms with Crippen molar-refractivity contribution in [2.75, 3.05) is 0 Å². The summed E-state index contributed by atoms with van der Waals surface area (Å²) >= 11 is 3.78. The summed E-state index contributed by atoms with van der Waals surface area (Å²) in [5, 5.41) is 30.2. The molecule has 4 N–H and O–H groups in total. The maximum atomic E-state index is 11.3. The van der Waals surface area contributed by atoms with E-state index in [1.54, 1.807) is 30.3 Å². The maximum Gasteiger partial charge on any atom is 1.00 e. The molecule has 404 valence electrons. The van der Waals surface area contributed by atoms with Crippen molar-refractivity contribution in [3.05, 3.63) is 166 Å². The molecule has 0 amide bonds. The number of fused-ring (bicyclic) bond motifs is 3. The van der Waals surface area contributed by atoms with Crippen molar-refractivity contribution >= 4 is 67.6 Å². The summed E-state index contributed by atoms with van der Waals surface area (Å²) in [6.07, 6.45) is 19.7. The van der Waals surface area contributed by atoms with Crippen LogP contribution in [0.5, 0.6) is 0 Å². The Balaban J connectivity index is 0.000000174. The Kier molecular flexibility index (Phi) is 22.7. The number of carboxylic acid groups (broad SMARTS) is 1. The third-order valence-corrected chi connectivity index (χ3v) is 16.8. The molecular weight excluding hydrogens is 1050 g/mol. The Morgan fingerprint density at radius 3 is 1.23 bits per heavy atom. The maximum absolute atomic E-state index is 11.3. The molecule has 3 saturated carbocycles. The number of halogens is 1. The number of aromatic nitrogens is 6. The Hall–Kier alpha value is -5.38. The number of aromatic carboxylic acids is 1. The van der Waals surface area contributed by atoms with Gasteiger partial charge in [-0.1, -0.05) is 156 Å². The normalized spacial score (nSPS) is 14.8. The fourth-order valence-corrected chi connectivity index (χ4v) is 12.9. The van der Waals surface area contributed by atoms with Crippen LogP contribution >= 0.6 is 15.9 Å². The Labute approximate surface area is 492 Å². The zero-order valence-corrected chi connectivity index (χ0v) is 49.4. The fourth-order valence-electron chi connectivity index (χ4n) is 12.2. The average Bonchev–Trinajstić information content (AvgIpc) is 4.15. The van der Waals surface area contributed by atoms with Crippen LogP contribution in [0.1, 0.15) is 160 Å². The molecule has 0 radical (unpaired) electrons. The second-order valence-corrected chi connectivity index (χ2v) is 21.7. The van der Waals surface area contributed by atoms with E-state index in [2.05, 4.69) is 134 Å². The van der Waals surface area contributed by atoms with Gasteiger partial charge in [0.15, 0.2) is 5.69 Å². The van der Waals surface area contributed by atoms with E-state index in [-0.39, 0.29) is 48.2 Å². The second-order valence-electron chi connectivity index (χ2n) is 20.9. The van der Waals surface area contributed by atoms with Gasteiger partial charge in [0.2, 0.25) is 0 Å². The van der Waals surface area contributed by atoms with Crippen molar-refractivity contribution in [1.29, 1.82) is 0 Å². The molecule has 3 aromatic carbocycles. The van der Waals surface area contributed by atoms with Gasteiger partial charge in [0.05, 0.1) is 16.0 Å². The van der Waals surface area contributed by atoms with Crippen LogP contribution < -0.4 is 35.0 Å². The molecule has 0 saturated heterocycles. The van der Waals surface area contributed by atoms with Crippen LogP contribution in [0.25, 0.3) is 55.6 Å². The number of rotatable bonds is 7. The monoisotopic (exact) mass is 1120 g/mol. The molecule has 14 heteroatoms. The van der Waals surface area contributed by atoms with Crippen molar-refractivity contribution in [2.24, 2.45) is 21.1 Å². The molecule has 3 fully saturated rings. The summed E-state index contributed by atoms with van der Waals surface area (Å²) in [5.74, 6) is 0.919. The second kappa shape index (κ2) is 28.7. The molecular formula is C64H77BBrN6NaO5. The number of hydrogen-bond donors (Lipinski definition) is 3. The average molecular weight is 1120 g/mol. The van der Waals surface area contributed by atoms with Crippen molar-refractivity contribution in [3.63, 3.8) is 0 Å². The topological polar surface area (TPSA) is 161 Å². The smallest absolute Gasteiger partial charge is 0.870 e.